The Balaban J connectivity index is 1.57. The van der Waals surface area contributed by atoms with Crippen LogP contribution in [-0.2, 0) is 0 Å². The third kappa shape index (κ3) is 4.54. The molecule has 0 saturated carbocycles. The number of aliphatic hydroxyl groups excluding tert-OH is 1. The molecule has 100 valence electrons. The SMILES string of the molecule is OCCN1CCN(CC[C@@H]2CCCCN2)CC1. The molecule has 2 fully saturated rings. The Morgan fingerprint density at radius 3 is 2.29 bits per heavy atom. The van der Waals surface area contributed by atoms with Crippen LogP contribution in [0, 0.1) is 0 Å². The molecule has 2 aliphatic heterocycles. The van der Waals surface area contributed by atoms with E-state index in [1.54, 1.807) is 0 Å². The number of aliphatic hydroxyl groups is 1. The molecule has 2 rings (SSSR count). The fraction of sp³-hybridized carbons (Fsp3) is 1.00. The van der Waals surface area contributed by atoms with Gasteiger partial charge in [-0.3, -0.25) is 4.90 Å². The molecule has 0 aromatic rings. The van der Waals surface area contributed by atoms with Gasteiger partial charge in [-0.15, -0.1) is 0 Å². The van der Waals surface area contributed by atoms with Crippen LogP contribution in [-0.4, -0.2) is 73.4 Å². The van der Waals surface area contributed by atoms with E-state index in [-0.39, 0.29) is 0 Å². The summed E-state index contributed by atoms with van der Waals surface area (Å²) in [5.41, 5.74) is 0. The quantitative estimate of drug-likeness (QED) is 0.717. The van der Waals surface area contributed by atoms with Gasteiger partial charge in [0.1, 0.15) is 0 Å². The van der Waals surface area contributed by atoms with E-state index < -0.39 is 0 Å². The average Bonchev–Trinajstić information content (AvgIpc) is 2.40. The van der Waals surface area contributed by atoms with Crippen LogP contribution in [0.5, 0.6) is 0 Å². The van der Waals surface area contributed by atoms with Crippen LogP contribution in [0.25, 0.3) is 0 Å². The van der Waals surface area contributed by atoms with E-state index in [0.29, 0.717) is 6.61 Å². The molecule has 0 aliphatic carbocycles. The van der Waals surface area contributed by atoms with E-state index in [1.807, 2.05) is 0 Å². The first-order valence-electron chi connectivity index (χ1n) is 7.17. The molecule has 0 amide bonds. The van der Waals surface area contributed by atoms with E-state index in [2.05, 4.69) is 15.1 Å². The molecular formula is C13H27N3O. The maximum absolute atomic E-state index is 8.89. The summed E-state index contributed by atoms with van der Waals surface area (Å²) in [5.74, 6) is 0. The second kappa shape index (κ2) is 7.31. The molecule has 2 aliphatic rings. The van der Waals surface area contributed by atoms with Crippen molar-refractivity contribution in [3.8, 4) is 0 Å². The predicted octanol–water partition coefficient (Wildman–Crippen LogP) is 0.129. The van der Waals surface area contributed by atoms with Gasteiger partial charge in [0.15, 0.2) is 0 Å². The highest BCUT2D eigenvalue weighted by Crippen LogP contribution is 2.11. The number of β-amino-alcohol motifs (C(OH)–C–C–N with tert-alkyl or cyclic N) is 1. The lowest BCUT2D eigenvalue weighted by molar-refractivity contribution is 0.109. The lowest BCUT2D eigenvalue weighted by Crippen LogP contribution is -2.48. The third-order valence-electron chi connectivity index (χ3n) is 4.09. The minimum absolute atomic E-state index is 0.298. The van der Waals surface area contributed by atoms with Gasteiger partial charge in [-0.05, 0) is 32.4 Å². The van der Waals surface area contributed by atoms with Gasteiger partial charge >= 0.3 is 0 Å². The van der Waals surface area contributed by atoms with E-state index in [0.717, 1.165) is 25.7 Å². The van der Waals surface area contributed by atoms with Crippen molar-refractivity contribution in [3.63, 3.8) is 0 Å². The average molecular weight is 241 g/mol. The zero-order chi connectivity index (χ0) is 11.9. The molecule has 0 bridgehead atoms. The zero-order valence-electron chi connectivity index (χ0n) is 10.9. The molecule has 0 unspecified atom stereocenters. The van der Waals surface area contributed by atoms with Crippen molar-refractivity contribution < 1.29 is 5.11 Å². The van der Waals surface area contributed by atoms with E-state index >= 15 is 0 Å². The van der Waals surface area contributed by atoms with E-state index in [9.17, 15) is 0 Å². The second-order valence-corrected chi connectivity index (χ2v) is 5.34. The van der Waals surface area contributed by atoms with Gasteiger partial charge in [-0.25, -0.2) is 0 Å². The summed E-state index contributed by atoms with van der Waals surface area (Å²) in [4.78, 5) is 4.93. The highest BCUT2D eigenvalue weighted by molar-refractivity contribution is 4.76. The number of piperazine rings is 1. The Kier molecular flexibility index (Phi) is 5.71. The Bertz CT molecular complexity index is 199. The molecule has 2 heterocycles. The van der Waals surface area contributed by atoms with Crippen LogP contribution in [0.3, 0.4) is 0 Å². The Hall–Kier alpha value is -0.160. The maximum atomic E-state index is 8.89. The van der Waals surface area contributed by atoms with Crippen LogP contribution in [0.15, 0.2) is 0 Å². The summed E-state index contributed by atoms with van der Waals surface area (Å²) in [5, 5.41) is 12.5. The number of piperidine rings is 1. The molecular weight excluding hydrogens is 214 g/mol. The fourth-order valence-corrected chi connectivity index (χ4v) is 2.89. The van der Waals surface area contributed by atoms with E-state index in [1.165, 1.54) is 51.9 Å². The number of nitrogens with zero attached hydrogens (tertiary/aromatic N) is 2. The highest BCUT2D eigenvalue weighted by Gasteiger charge is 2.18. The second-order valence-electron chi connectivity index (χ2n) is 5.34. The summed E-state index contributed by atoms with van der Waals surface area (Å²) in [6.45, 7) is 8.19. The minimum atomic E-state index is 0.298. The van der Waals surface area contributed by atoms with Gasteiger partial charge in [0.25, 0.3) is 0 Å². The first-order valence-corrected chi connectivity index (χ1v) is 7.17. The summed E-state index contributed by atoms with van der Waals surface area (Å²) in [7, 11) is 0. The summed E-state index contributed by atoms with van der Waals surface area (Å²) in [6.07, 6.45) is 5.43. The standard InChI is InChI=1S/C13H27N3O/c17-12-11-16-9-7-15(8-10-16)6-4-13-3-1-2-5-14-13/h13-14,17H,1-12H2/t13-/m0/s1. The van der Waals surface area contributed by atoms with Crippen molar-refractivity contribution in [1.82, 2.24) is 15.1 Å². The number of rotatable bonds is 5. The molecule has 4 nitrogen and oxygen atoms in total. The molecule has 0 aromatic heterocycles. The van der Waals surface area contributed by atoms with Crippen molar-refractivity contribution >= 4 is 0 Å². The van der Waals surface area contributed by atoms with Crippen molar-refractivity contribution in [2.75, 3.05) is 52.4 Å². The lowest BCUT2D eigenvalue weighted by atomic mass is 10.0. The number of hydrogen-bond acceptors (Lipinski definition) is 4. The topological polar surface area (TPSA) is 38.7 Å². The molecule has 17 heavy (non-hydrogen) atoms. The van der Waals surface area contributed by atoms with Gasteiger partial charge in [0, 0.05) is 38.8 Å². The van der Waals surface area contributed by atoms with E-state index in [4.69, 9.17) is 5.11 Å². The highest BCUT2D eigenvalue weighted by atomic mass is 16.3. The van der Waals surface area contributed by atoms with Crippen molar-refractivity contribution in [1.29, 1.82) is 0 Å². The van der Waals surface area contributed by atoms with Crippen LogP contribution >= 0.6 is 0 Å². The first-order chi connectivity index (χ1) is 8.38. The van der Waals surface area contributed by atoms with Crippen molar-refractivity contribution in [2.45, 2.75) is 31.7 Å². The molecule has 0 aromatic carbocycles. The molecule has 1 atom stereocenters. The normalized spacial score (nSPS) is 28.4. The third-order valence-corrected chi connectivity index (χ3v) is 4.09. The molecule has 0 radical (unpaired) electrons. The Morgan fingerprint density at radius 1 is 1.00 bits per heavy atom. The monoisotopic (exact) mass is 241 g/mol. The van der Waals surface area contributed by atoms with Gasteiger partial charge < -0.3 is 15.3 Å². The largest absolute Gasteiger partial charge is 0.395 e. The van der Waals surface area contributed by atoms with Crippen LogP contribution in [0.4, 0.5) is 0 Å². The molecule has 0 spiro atoms. The zero-order valence-corrected chi connectivity index (χ0v) is 10.9. The van der Waals surface area contributed by atoms with Gasteiger partial charge in [0.05, 0.1) is 6.61 Å². The summed E-state index contributed by atoms with van der Waals surface area (Å²) < 4.78 is 0. The Labute approximate surface area is 105 Å². The first kappa shape index (κ1) is 13.3. The lowest BCUT2D eigenvalue weighted by Gasteiger charge is -2.35. The van der Waals surface area contributed by atoms with Crippen LogP contribution < -0.4 is 5.32 Å². The number of hydrogen-bond donors (Lipinski definition) is 2. The predicted molar refractivity (Wildman–Crippen MR) is 70.2 cm³/mol. The van der Waals surface area contributed by atoms with Crippen LogP contribution in [0.1, 0.15) is 25.7 Å². The van der Waals surface area contributed by atoms with Crippen LogP contribution in [0.2, 0.25) is 0 Å². The molecule has 2 N–H and O–H groups in total. The summed E-state index contributed by atoms with van der Waals surface area (Å²) >= 11 is 0. The maximum Gasteiger partial charge on any atom is 0.0558 e. The van der Waals surface area contributed by atoms with Crippen molar-refractivity contribution in [3.05, 3.63) is 0 Å². The Morgan fingerprint density at radius 2 is 1.71 bits per heavy atom. The van der Waals surface area contributed by atoms with Crippen molar-refractivity contribution in [2.24, 2.45) is 0 Å². The molecule has 4 heteroatoms. The fourth-order valence-electron chi connectivity index (χ4n) is 2.89. The van der Waals surface area contributed by atoms with Gasteiger partial charge in [-0.1, -0.05) is 6.42 Å². The summed E-state index contributed by atoms with van der Waals surface area (Å²) in [6, 6.07) is 0.763. The number of nitrogens with one attached hydrogen (secondary N) is 1. The van der Waals surface area contributed by atoms with Gasteiger partial charge in [0.2, 0.25) is 0 Å². The minimum Gasteiger partial charge on any atom is -0.395 e. The van der Waals surface area contributed by atoms with Gasteiger partial charge in [-0.2, -0.15) is 0 Å². The molecule has 2 saturated heterocycles. The smallest absolute Gasteiger partial charge is 0.0558 e.